The Hall–Kier alpha value is -1.10. The highest BCUT2D eigenvalue weighted by atomic mass is 35.5. The van der Waals surface area contributed by atoms with Gasteiger partial charge in [0.2, 0.25) is 5.95 Å². The van der Waals surface area contributed by atoms with Crippen LogP contribution in [0.4, 0.5) is 4.39 Å². The van der Waals surface area contributed by atoms with E-state index in [4.69, 9.17) is 17.3 Å². The molecule has 0 aliphatic carbocycles. The van der Waals surface area contributed by atoms with Crippen molar-refractivity contribution in [3.63, 3.8) is 0 Å². The molecule has 2 N–H and O–H groups in total. The van der Waals surface area contributed by atoms with Gasteiger partial charge in [0.1, 0.15) is 0 Å². The van der Waals surface area contributed by atoms with Crippen LogP contribution in [-0.2, 0) is 0 Å². The van der Waals surface area contributed by atoms with Crippen molar-refractivity contribution in [3.8, 4) is 11.1 Å². The van der Waals surface area contributed by atoms with E-state index in [1.807, 2.05) is 24.3 Å². The van der Waals surface area contributed by atoms with Crippen LogP contribution in [0.2, 0.25) is 0 Å². The summed E-state index contributed by atoms with van der Waals surface area (Å²) in [5.74, 6) is 0.124. The molecule has 2 rings (SSSR count). The second kappa shape index (κ2) is 8.08. The lowest BCUT2D eigenvalue weighted by Gasteiger charge is -2.01. The van der Waals surface area contributed by atoms with Crippen LogP contribution in [0.25, 0.3) is 11.1 Å². The molecule has 2 aromatic rings. The highest BCUT2D eigenvalue weighted by Crippen LogP contribution is 2.22. The lowest BCUT2D eigenvalue weighted by Crippen LogP contribution is -1.97. The molecule has 2 nitrogen and oxygen atoms in total. The summed E-state index contributed by atoms with van der Waals surface area (Å²) >= 11 is 9.22. The molecule has 0 radical (unpaired) electrons. The fourth-order valence-corrected chi connectivity index (χ4v) is 1.39. The van der Waals surface area contributed by atoms with E-state index in [-0.39, 0.29) is 0 Å². The summed E-state index contributed by atoms with van der Waals surface area (Å²) in [7, 11) is 0. The molecule has 0 amide bonds. The minimum atomic E-state index is -0.445. The SMILES string of the molecule is Fc1ncccc1-c1ccc(S)cc1.NCCCl. The largest absolute Gasteiger partial charge is 0.329 e. The van der Waals surface area contributed by atoms with Crippen LogP contribution in [-0.4, -0.2) is 17.4 Å². The molecule has 18 heavy (non-hydrogen) atoms. The van der Waals surface area contributed by atoms with Crippen molar-refractivity contribution in [1.82, 2.24) is 4.98 Å². The maximum Gasteiger partial charge on any atom is 0.220 e. The smallest absolute Gasteiger partial charge is 0.220 e. The minimum Gasteiger partial charge on any atom is -0.329 e. The van der Waals surface area contributed by atoms with Gasteiger partial charge in [0.25, 0.3) is 0 Å². The van der Waals surface area contributed by atoms with E-state index in [1.54, 1.807) is 12.1 Å². The van der Waals surface area contributed by atoms with Gasteiger partial charge in [-0.25, -0.2) is 4.98 Å². The van der Waals surface area contributed by atoms with Gasteiger partial charge in [0.15, 0.2) is 0 Å². The average molecular weight is 285 g/mol. The number of halogens is 2. The van der Waals surface area contributed by atoms with E-state index in [0.29, 0.717) is 18.0 Å². The molecule has 0 spiro atoms. The van der Waals surface area contributed by atoms with Crippen LogP contribution in [0.3, 0.4) is 0 Å². The number of alkyl halides is 1. The monoisotopic (exact) mass is 284 g/mol. The molecule has 0 bridgehead atoms. The number of hydrogen-bond donors (Lipinski definition) is 2. The van der Waals surface area contributed by atoms with Gasteiger partial charge < -0.3 is 5.73 Å². The Bertz CT molecular complexity index is 475. The maximum atomic E-state index is 13.2. The van der Waals surface area contributed by atoms with Crippen LogP contribution in [0.15, 0.2) is 47.5 Å². The zero-order valence-corrected chi connectivity index (χ0v) is 11.3. The Kier molecular flexibility index (Phi) is 6.72. The van der Waals surface area contributed by atoms with Gasteiger partial charge >= 0.3 is 0 Å². The highest BCUT2D eigenvalue weighted by molar-refractivity contribution is 7.80. The van der Waals surface area contributed by atoms with Crippen molar-refractivity contribution in [2.45, 2.75) is 4.90 Å². The summed E-state index contributed by atoms with van der Waals surface area (Å²) in [5.41, 5.74) is 6.22. The number of aromatic nitrogens is 1. The summed E-state index contributed by atoms with van der Waals surface area (Å²) in [4.78, 5) is 4.45. The summed E-state index contributed by atoms with van der Waals surface area (Å²) in [5, 5.41) is 0. The number of pyridine rings is 1. The third kappa shape index (κ3) is 4.64. The van der Waals surface area contributed by atoms with Crippen molar-refractivity contribution >= 4 is 24.2 Å². The number of hydrogen-bond acceptors (Lipinski definition) is 3. The number of benzene rings is 1. The van der Waals surface area contributed by atoms with Crippen LogP contribution in [0, 0.1) is 5.95 Å². The molecule has 0 saturated heterocycles. The van der Waals surface area contributed by atoms with Gasteiger partial charge in [0.05, 0.1) is 0 Å². The zero-order chi connectivity index (χ0) is 13.4. The van der Waals surface area contributed by atoms with Gasteiger partial charge in [-0.1, -0.05) is 12.1 Å². The third-order valence-corrected chi connectivity index (χ3v) is 2.56. The molecular formula is C13H14ClFN2S. The maximum absolute atomic E-state index is 13.2. The third-order valence-electron chi connectivity index (χ3n) is 2.05. The second-order valence-corrected chi connectivity index (χ2v) is 4.26. The fraction of sp³-hybridized carbons (Fsp3) is 0.154. The van der Waals surface area contributed by atoms with Crippen molar-refractivity contribution in [1.29, 1.82) is 0 Å². The molecule has 0 fully saturated rings. The number of rotatable bonds is 2. The topological polar surface area (TPSA) is 38.9 Å². The van der Waals surface area contributed by atoms with Crippen molar-refractivity contribution in [2.24, 2.45) is 5.73 Å². The van der Waals surface area contributed by atoms with Gasteiger partial charge in [-0.3, -0.25) is 0 Å². The van der Waals surface area contributed by atoms with Crippen molar-refractivity contribution < 1.29 is 4.39 Å². The van der Waals surface area contributed by atoms with Crippen molar-refractivity contribution in [3.05, 3.63) is 48.5 Å². The standard InChI is InChI=1S/C11H8FNS.C2H6ClN/c12-11-10(2-1-7-13-11)8-3-5-9(14)6-4-8;3-1-2-4/h1-7,14H;1-2,4H2. The molecule has 1 aromatic heterocycles. The molecule has 5 heteroatoms. The van der Waals surface area contributed by atoms with E-state index in [2.05, 4.69) is 17.6 Å². The number of nitrogens with zero attached hydrogens (tertiary/aromatic N) is 1. The highest BCUT2D eigenvalue weighted by Gasteiger charge is 2.03. The molecule has 96 valence electrons. The minimum absolute atomic E-state index is 0.445. The molecule has 0 unspecified atom stereocenters. The van der Waals surface area contributed by atoms with Gasteiger partial charge in [-0.05, 0) is 29.8 Å². The van der Waals surface area contributed by atoms with Crippen LogP contribution >= 0.6 is 24.2 Å². The molecule has 0 atom stereocenters. The molecule has 0 aliphatic rings. The first kappa shape index (κ1) is 15.0. The van der Waals surface area contributed by atoms with Gasteiger partial charge in [-0.15, -0.1) is 24.2 Å². The predicted octanol–water partition coefficient (Wildman–Crippen LogP) is 3.36. The Labute approximate surface area is 116 Å². The number of thiol groups is 1. The van der Waals surface area contributed by atoms with E-state index in [1.165, 1.54) is 6.20 Å². The summed E-state index contributed by atoms with van der Waals surface area (Å²) in [6.45, 7) is 0.585. The lowest BCUT2D eigenvalue weighted by atomic mass is 10.1. The van der Waals surface area contributed by atoms with Crippen LogP contribution < -0.4 is 5.73 Å². The van der Waals surface area contributed by atoms with Crippen molar-refractivity contribution in [2.75, 3.05) is 12.4 Å². The lowest BCUT2D eigenvalue weighted by molar-refractivity contribution is 0.587. The fourth-order valence-electron chi connectivity index (χ4n) is 1.24. The first-order chi connectivity index (χ1) is 8.69. The molecule has 0 aliphatic heterocycles. The Morgan fingerprint density at radius 2 is 1.83 bits per heavy atom. The normalized spacial score (nSPS) is 9.56. The Balaban J connectivity index is 0.000000357. The van der Waals surface area contributed by atoms with Gasteiger partial charge in [-0.2, -0.15) is 4.39 Å². The van der Waals surface area contributed by atoms with E-state index in [9.17, 15) is 4.39 Å². The average Bonchev–Trinajstić information content (AvgIpc) is 2.41. The van der Waals surface area contributed by atoms with E-state index in [0.717, 1.165) is 10.5 Å². The Morgan fingerprint density at radius 3 is 2.33 bits per heavy atom. The van der Waals surface area contributed by atoms with E-state index >= 15 is 0 Å². The molecule has 1 aromatic carbocycles. The second-order valence-electron chi connectivity index (χ2n) is 3.37. The Morgan fingerprint density at radius 1 is 1.22 bits per heavy atom. The van der Waals surface area contributed by atoms with E-state index < -0.39 is 5.95 Å². The molecular weight excluding hydrogens is 271 g/mol. The first-order valence-corrected chi connectivity index (χ1v) is 6.33. The van der Waals surface area contributed by atoms with Gasteiger partial charge in [0, 0.05) is 29.1 Å². The quantitative estimate of drug-likeness (QED) is 0.504. The predicted molar refractivity (Wildman–Crippen MR) is 76.7 cm³/mol. The first-order valence-electron chi connectivity index (χ1n) is 5.35. The summed E-state index contributed by atoms with van der Waals surface area (Å²) in [6, 6.07) is 10.7. The molecule has 0 saturated carbocycles. The van der Waals surface area contributed by atoms with Crippen LogP contribution in [0.5, 0.6) is 0 Å². The van der Waals surface area contributed by atoms with Crippen LogP contribution in [0.1, 0.15) is 0 Å². The summed E-state index contributed by atoms with van der Waals surface area (Å²) in [6.07, 6.45) is 1.44. The zero-order valence-electron chi connectivity index (χ0n) is 9.68. The molecule has 1 heterocycles. The summed E-state index contributed by atoms with van der Waals surface area (Å²) < 4.78 is 13.2. The number of nitrogens with two attached hydrogens (primary N) is 1.